The zero-order valence-electron chi connectivity index (χ0n) is 11.3. The molecule has 1 N–H and O–H groups in total. The summed E-state index contributed by atoms with van der Waals surface area (Å²) in [6.07, 6.45) is 1.65. The Balaban J connectivity index is 2.05. The Labute approximate surface area is 107 Å². The topological polar surface area (TPSA) is 34.2 Å². The van der Waals surface area contributed by atoms with E-state index >= 15 is 0 Å². The van der Waals surface area contributed by atoms with E-state index in [0.717, 1.165) is 16.5 Å². The molecule has 0 unspecified atom stereocenters. The molecule has 0 atom stereocenters. The van der Waals surface area contributed by atoms with Crippen LogP contribution in [0.2, 0.25) is 0 Å². The summed E-state index contributed by atoms with van der Waals surface area (Å²) in [5.41, 5.74) is 1.61. The molecule has 0 saturated carbocycles. The lowest BCUT2D eigenvalue weighted by Crippen LogP contribution is -2.41. The summed E-state index contributed by atoms with van der Waals surface area (Å²) in [4.78, 5) is 3.21. The number of hydrogen-bond acceptors (Lipinski definition) is 2. The largest absolute Gasteiger partial charge is 0.361 e. The van der Waals surface area contributed by atoms with Gasteiger partial charge in [0.2, 0.25) is 0 Å². The normalized spacial score (nSPS) is 22.7. The summed E-state index contributed by atoms with van der Waals surface area (Å²) in [7, 11) is 0. The van der Waals surface area contributed by atoms with Gasteiger partial charge < -0.3 is 14.5 Å². The van der Waals surface area contributed by atoms with E-state index in [0.29, 0.717) is 0 Å². The second-order valence-corrected chi connectivity index (χ2v) is 5.87. The number of aromatic amines is 1. The molecule has 3 nitrogen and oxygen atoms in total. The highest BCUT2D eigenvalue weighted by Crippen LogP contribution is 2.45. The third-order valence-corrected chi connectivity index (χ3v) is 4.14. The number of rotatable bonds is 1. The van der Waals surface area contributed by atoms with Crippen LogP contribution in [-0.2, 0) is 9.47 Å². The molecule has 1 aliphatic heterocycles. The Morgan fingerprint density at radius 3 is 2.33 bits per heavy atom. The van der Waals surface area contributed by atoms with Crippen molar-refractivity contribution in [3.63, 3.8) is 0 Å². The first-order valence-corrected chi connectivity index (χ1v) is 6.32. The molecule has 2 aromatic rings. The smallest absolute Gasteiger partial charge is 0.186 e. The predicted octanol–water partition coefficient (Wildman–Crippen LogP) is 3.77. The van der Waals surface area contributed by atoms with Gasteiger partial charge in [-0.2, -0.15) is 0 Å². The van der Waals surface area contributed by atoms with E-state index in [1.165, 1.54) is 0 Å². The van der Waals surface area contributed by atoms with E-state index in [2.05, 4.69) is 50.9 Å². The van der Waals surface area contributed by atoms with E-state index < -0.39 is 0 Å². The lowest BCUT2D eigenvalue weighted by atomic mass is 9.90. The fraction of sp³-hybridized carbons (Fsp3) is 0.467. The minimum absolute atomic E-state index is 0.295. The van der Waals surface area contributed by atoms with Gasteiger partial charge in [0.05, 0.1) is 11.2 Å². The van der Waals surface area contributed by atoms with Crippen LogP contribution in [0.5, 0.6) is 0 Å². The standard InChI is InChI=1S/C15H19NO2/c1-14(2)15(3,4)18-13(17-14)11-6-5-7-12-10(11)8-9-16-12/h5-9,13,16H,1-4H3. The molecule has 3 rings (SSSR count). The van der Waals surface area contributed by atoms with Crippen LogP contribution >= 0.6 is 0 Å². The summed E-state index contributed by atoms with van der Waals surface area (Å²) < 4.78 is 12.2. The highest BCUT2D eigenvalue weighted by Gasteiger charge is 2.49. The Hall–Kier alpha value is -1.32. The minimum Gasteiger partial charge on any atom is -0.361 e. The zero-order chi connectivity index (χ0) is 13.0. The first-order valence-electron chi connectivity index (χ1n) is 6.32. The van der Waals surface area contributed by atoms with Crippen LogP contribution < -0.4 is 0 Å². The molecule has 18 heavy (non-hydrogen) atoms. The Morgan fingerprint density at radius 2 is 1.67 bits per heavy atom. The van der Waals surface area contributed by atoms with Gasteiger partial charge >= 0.3 is 0 Å². The molecule has 0 bridgehead atoms. The van der Waals surface area contributed by atoms with Crippen LogP contribution in [0.15, 0.2) is 30.5 Å². The molecule has 0 radical (unpaired) electrons. The van der Waals surface area contributed by atoms with Crippen molar-refractivity contribution in [2.24, 2.45) is 0 Å². The Morgan fingerprint density at radius 1 is 1.00 bits per heavy atom. The van der Waals surface area contributed by atoms with Gasteiger partial charge in [0, 0.05) is 22.7 Å². The zero-order valence-corrected chi connectivity index (χ0v) is 11.3. The molecular formula is C15H19NO2. The van der Waals surface area contributed by atoms with Crippen LogP contribution in [0.25, 0.3) is 10.9 Å². The fourth-order valence-electron chi connectivity index (χ4n) is 2.29. The number of benzene rings is 1. The van der Waals surface area contributed by atoms with Crippen LogP contribution in [-0.4, -0.2) is 16.2 Å². The number of nitrogens with one attached hydrogen (secondary N) is 1. The third-order valence-electron chi connectivity index (χ3n) is 4.14. The van der Waals surface area contributed by atoms with Gasteiger partial charge in [0.25, 0.3) is 0 Å². The monoisotopic (exact) mass is 245 g/mol. The van der Waals surface area contributed by atoms with Crippen molar-refractivity contribution in [1.82, 2.24) is 4.98 Å². The summed E-state index contributed by atoms with van der Waals surface area (Å²) in [5.74, 6) is 0. The number of ether oxygens (including phenoxy) is 2. The van der Waals surface area contributed by atoms with Crippen molar-refractivity contribution < 1.29 is 9.47 Å². The molecular weight excluding hydrogens is 226 g/mol. The lowest BCUT2D eigenvalue weighted by molar-refractivity contribution is -0.0885. The average Bonchev–Trinajstić information content (AvgIpc) is 2.81. The Bertz CT molecular complexity index is 567. The average molecular weight is 245 g/mol. The first-order chi connectivity index (χ1) is 8.41. The van der Waals surface area contributed by atoms with Gasteiger partial charge in [0.1, 0.15) is 0 Å². The lowest BCUT2D eigenvalue weighted by Gasteiger charge is -2.30. The van der Waals surface area contributed by atoms with Crippen LogP contribution in [0.1, 0.15) is 39.5 Å². The molecule has 3 heteroatoms. The molecule has 1 aromatic heterocycles. The summed E-state index contributed by atoms with van der Waals surface area (Å²) in [6.45, 7) is 8.29. The molecule has 2 heterocycles. The number of fused-ring (bicyclic) bond motifs is 1. The molecule has 1 aromatic carbocycles. The highest BCUT2D eigenvalue weighted by atomic mass is 16.7. The maximum absolute atomic E-state index is 6.09. The van der Waals surface area contributed by atoms with E-state index in [1.54, 1.807) is 0 Å². The number of aromatic nitrogens is 1. The molecule has 96 valence electrons. The maximum Gasteiger partial charge on any atom is 0.186 e. The summed E-state index contributed by atoms with van der Waals surface area (Å²) >= 11 is 0. The molecule has 1 fully saturated rings. The van der Waals surface area contributed by atoms with Crippen LogP contribution in [0.4, 0.5) is 0 Å². The first kappa shape index (κ1) is 11.8. The third kappa shape index (κ3) is 1.58. The molecule has 0 amide bonds. The minimum atomic E-state index is -0.297. The Kier molecular flexibility index (Phi) is 2.34. The highest BCUT2D eigenvalue weighted by molar-refractivity contribution is 5.83. The van der Waals surface area contributed by atoms with Gasteiger partial charge in [-0.1, -0.05) is 12.1 Å². The van der Waals surface area contributed by atoms with Crippen molar-refractivity contribution in [1.29, 1.82) is 0 Å². The predicted molar refractivity (Wildman–Crippen MR) is 71.4 cm³/mol. The SMILES string of the molecule is CC1(C)OC(c2cccc3[nH]ccc23)OC1(C)C. The van der Waals surface area contributed by atoms with Crippen molar-refractivity contribution in [3.8, 4) is 0 Å². The molecule has 0 spiro atoms. The van der Waals surface area contributed by atoms with Crippen LogP contribution in [0.3, 0.4) is 0 Å². The van der Waals surface area contributed by atoms with Gasteiger partial charge in [-0.25, -0.2) is 0 Å². The second-order valence-electron chi connectivity index (χ2n) is 5.87. The van der Waals surface area contributed by atoms with Gasteiger partial charge in [-0.15, -0.1) is 0 Å². The fourth-order valence-corrected chi connectivity index (χ4v) is 2.29. The number of H-pyrrole nitrogens is 1. The second kappa shape index (κ2) is 3.59. The molecule has 1 aliphatic rings. The number of hydrogen-bond donors (Lipinski definition) is 1. The van der Waals surface area contributed by atoms with E-state index in [9.17, 15) is 0 Å². The van der Waals surface area contributed by atoms with Crippen LogP contribution in [0, 0.1) is 0 Å². The van der Waals surface area contributed by atoms with E-state index in [1.807, 2.05) is 12.3 Å². The summed E-state index contributed by atoms with van der Waals surface area (Å²) in [6, 6.07) is 8.22. The summed E-state index contributed by atoms with van der Waals surface area (Å²) in [5, 5.41) is 1.16. The molecule has 1 saturated heterocycles. The quantitative estimate of drug-likeness (QED) is 0.829. The van der Waals surface area contributed by atoms with Crippen molar-refractivity contribution in [2.45, 2.75) is 45.2 Å². The van der Waals surface area contributed by atoms with Crippen molar-refractivity contribution in [3.05, 3.63) is 36.0 Å². The maximum atomic E-state index is 6.09. The van der Waals surface area contributed by atoms with E-state index in [4.69, 9.17) is 9.47 Å². The van der Waals surface area contributed by atoms with Gasteiger partial charge in [0.15, 0.2) is 6.29 Å². The van der Waals surface area contributed by atoms with Crippen molar-refractivity contribution >= 4 is 10.9 Å². The van der Waals surface area contributed by atoms with Crippen molar-refractivity contribution in [2.75, 3.05) is 0 Å². The van der Waals surface area contributed by atoms with Gasteiger partial charge in [-0.05, 0) is 39.8 Å². The molecule has 0 aliphatic carbocycles. The van der Waals surface area contributed by atoms with Gasteiger partial charge in [-0.3, -0.25) is 0 Å². The van der Waals surface area contributed by atoms with E-state index in [-0.39, 0.29) is 17.5 Å².